The standard InChI is InChI=1S/C26H24N4O.ClH/c1-19(2)30(17-22-8-6-20(15-27)7-9-22)18-23-4-3-5-24(14-23)26(31)29-25-12-10-21(16-28)11-13-25;/h3-14,19H,17-18H2,1-2H3,(H,29,31);1H. The van der Waals surface area contributed by atoms with Gasteiger partial charge < -0.3 is 5.32 Å². The quantitative estimate of drug-likeness (QED) is 0.520. The van der Waals surface area contributed by atoms with Crippen molar-refractivity contribution in [2.24, 2.45) is 0 Å². The van der Waals surface area contributed by atoms with Crippen molar-refractivity contribution in [2.75, 3.05) is 5.32 Å². The molecule has 0 bridgehead atoms. The summed E-state index contributed by atoms with van der Waals surface area (Å²) in [5.74, 6) is -0.185. The Hall–Kier alpha value is -3.64. The fourth-order valence-electron chi connectivity index (χ4n) is 3.22. The van der Waals surface area contributed by atoms with Crippen LogP contribution in [0, 0.1) is 22.7 Å². The van der Waals surface area contributed by atoms with E-state index in [2.05, 4.69) is 36.2 Å². The van der Waals surface area contributed by atoms with Crippen LogP contribution in [0.1, 0.15) is 46.5 Å². The van der Waals surface area contributed by atoms with E-state index < -0.39 is 0 Å². The van der Waals surface area contributed by atoms with Crippen molar-refractivity contribution < 1.29 is 4.79 Å². The predicted octanol–water partition coefficient (Wildman–Crippen LogP) is 5.51. The molecule has 0 aromatic heterocycles. The zero-order valence-corrected chi connectivity index (χ0v) is 18.9. The van der Waals surface area contributed by atoms with Crippen LogP contribution in [0.15, 0.2) is 72.8 Å². The van der Waals surface area contributed by atoms with E-state index in [0.29, 0.717) is 35.0 Å². The van der Waals surface area contributed by atoms with Gasteiger partial charge in [-0.15, -0.1) is 12.4 Å². The molecule has 0 unspecified atom stereocenters. The molecule has 1 N–H and O–H groups in total. The van der Waals surface area contributed by atoms with Gasteiger partial charge in [0.2, 0.25) is 0 Å². The maximum atomic E-state index is 12.7. The van der Waals surface area contributed by atoms with Crippen LogP contribution >= 0.6 is 12.4 Å². The first kappa shape index (κ1) is 24.6. The molecule has 6 heteroatoms. The van der Waals surface area contributed by atoms with Crippen molar-refractivity contribution in [1.29, 1.82) is 10.5 Å². The lowest BCUT2D eigenvalue weighted by atomic mass is 10.1. The number of nitrogens with zero attached hydrogens (tertiary/aromatic N) is 3. The van der Waals surface area contributed by atoms with Crippen LogP contribution < -0.4 is 5.32 Å². The highest BCUT2D eigenvalue weighted by molar-refractivity contribution is 6.04. The van der Waals surface area contributed by atoms with E-state index in [4.69, 9.17) is 10.5 Å². The van der Waals surface area contributed by atoms with Crippen molar-refractivity contribution in [3.8, 4) is 12.1 Å². The maximum absolute atomic E-state index is 12.7. The second-order valence-electron chi connectivity index (χ2n) is 7.65. The van der Waals surface area contributed by atoms with Gasteiger partial charge in [-0.2, -0.15) is 10.5 Å². The van der Waals surface area contributed by atoms with Gasteiger partial charge in [0.05, 0.1) is 23.3 Å². The largest absolute Gasteiger partial charge is 0.322 e. The Morgan fingerprint density at radius 2 is 1.44 bits per heavy atom. The molecule has 3 rings (SSSR count). The Morgan fingerprint density at radius 3 is 2.00 bits per heavy atom. The maximum Gasteiger partial charge on any atom is 0.255 e. The van der Waals surface area contributed by atoms with Crippen LogP contribution in [0.25, 0.3) is 0 Å². The molecule has 0 heterocycles. The van der Waals surface area contributed by atoms with E-state index in [1.54, 1.807) is 30.3 Å². The zero-order chi connectivity index (χ0) is 22.2. The fourth-order valence-corrected chi connectivity index (χ4v) is 3.22. The number of amides is 1. The topological polar surface area (TPSA) is 79.9 Å². The Kier molecular flexibility index (Phi) is 8.98. The van der Waals surface area contributed by atoms with Gasteiger partial charge in [-0.1, -0.05) is 24.3 Å². The summed E-state index contributed by atoms with van der Waals surface area (Å²) in [6.07, 6.45) is 0. The van der Waals surface area contributed by atoms with Gasteiger partial charge >= 0.3 is 0 Å². The highest BCUT2D eigenvalue weighted by Crippen LogP contribution is 2.16. The second-order valence-corrected chi connectivity index (χ2v) is 7.65. The minimum absolute atomic E-state index is 0. The average molecular weight is 445 g/mol. The van der Waals surface area contributed by atoms with Crippen LogP contribution in [0.3, 0.4) is 0 Å². The fraction of sp³-hybridized carbons (Fsp3) is 0.192. The summed E-state index contributed by atoms with van der Waals surface area (Å²) in [6.45, 7) is 5.75. The van der Waals surface area contributed by atoms with Crippen LogP contribution in [-0.4, -0.2) is 16.8 Å². The molecule has 3 aromatic carbocycles. The van der Waals surface area contributed by atoms with Crippen LogP contribution in [0.4, 0.5) is 5.69 Å². The first-order valence-electron chi connectivity index (χ1n) is 10.1. The molecule has 0 aliphatic carbocycles. The molecule has 1 amide bonds. The first-order valence-corrected chi connectivity index (χ1v) is 10.1. The van der Waals surface area contributed by atoms with Crippen molar-refractivity contribution >= 4 is 24.0 Å². The summed E-state index contributed by atoms with van der Waals surface area (Å²) >= 11 is 0. The molecule has 162 valence electrons. The summed E-state index contributed by atoms with van der Waals surface area (Å²) in [5, 5.41) is 20.7. The van der Waals surface area contributed by atoms with E-state index in [0.717, 1.165) is 17.7 Å². The van der Waals surface area contributed by atoms with Gasteiger partial charge in [0.25, 0.3) is 5.91 Å². The predicted molar refractivity (Wildman–Crippen MR) is 128 cm³/mol. The van der Waals surface area contributed by atoms with E-state index in [1.807, 2.05) is 42.5 Å². The first-order chi connectivity index (χ1) is 15.0. The Labute approximate surface area is 195 Å². The minimum Gasteiger partial charge on any atom is -0.322 e. The third-order valence-electron chi connectivity index (χ3n) is 5.05. The summed E-state index contributed by atoms with van der Waals surface area (Å²) < 4.78 is 0. The zero-order valence-electron chi connectivity index (χ0n) is 18.1. The monoisotopic (exact) mass is 444 g/mol. The number of halogens is 1. The molecule has 5 nitrogen and oxygen atoms in total. The van der Waals surface area contributed by atoms with Crippen LogP contribution in [0.2, 0.25) is 0 Å². The third-order valence-corrected chi connectivity index (χ3v) is 5.05. The summed E-state index contributed by atoms with van der Waals surface area (Å²) in [6, 6.07) is 26.6. The molecule has 0 aliphatic heterocycles. The molecule has 0 radical (unpaired) electrons. The van der Waals surface area contributed by atoms with Gasteiger partial charge in [-0.25, -0.2) is 0 Å². The number of rotatable bonds is 7. The van der Waals surface area contributed by atoms with E-state index in [9.17, 15) is 4.79 Å². The number of hydrogen-bond donors (Lipinski definition) is 1. The van der Waals surface area contributed by atoms with Gasteiger partial charge in [0.15, 0.2) is 0 Å². The van der Waals surface area contributed by atoms with Crippen molar-refractivity contribution in [1.82, 2.24) is 4.90 Å². The molecule has 0 saturated carbocycles. The van der Waals surface area contributed by atoms with Gasteiger partial charge in [-0.05, 0) is 73.5 Å². The lowest BCUT2D eigenvalue weighted by Crippen LogP contribution is -2.30. The number of hydrogen-bond acceptors (Lipinski definition) is 4. The minimum atomic E-state index is -0.185. The number of carbonyl (C=O) groups excluding carboxylic acids is 1. The van der Waals surface area contributed by atoms with Crippen molar-refractivity contribution in [2.45, 2.75) is 33.0 Å². The number of nitriles is 2. The lowest BCUT2D eigenvalue weighted by Gasteiger charge is -2.27. The van der Waals surface area contributed by atoms with Gasteiger partial charge in [-0.3, -0.25) is 9.69 Å². The summed E-state index contributed by atoms with van der Waals surface area (Å²) in [5.41, 5.74) is 4.64. The lowest BCUT2D eigenvalue weighted by molar-refractivity contribution is 0.102. The molecule has 0 saturated heterocycles. The number of nitrogens with one attached hydrogen (secondary N) is 1. The van der Waals surface area contributed by atoms with Crippen LogP contribution in [-0.2, 0) is 13.1 Å². The molecule has 3 aromatic rings. The van der Waals surface area contributed by atoms with E-state index in [1.165, 1.54) is 0 Å². The van der Waals surface area contributed by atoms with Crippen molar-refractivity contribution in [3.63, 3.8) is 0 Å². The number of anilines is 1. The smallest absolute Gasteiger partial charge is 0.255 e. The SMILES string of the molecule is CC(C)N(Cc1ccc(C#N)cc1)Cc1cccc(C(=O)Nc2ccc(C#N)cc2)c1.Cl. The average Bonchev–Trinajstić information content (AvgIpc) is 2.79. The number of carbonyl (C=O) groups is 1. The van der Waals surface area contributed by atoms with Crippen molar-refractivity contribution in [3.05, 3.63) is 101 Å². The highest BCUT2D eigenvalue weighted by Gasteiger charge is 2.13. The van der Waals surface area contributed by atoms with E-state index >= 15 is 0 Å². The Morgan fingerprint density at radius 1 is 0.875 bits per heavy atom. The highest BCUT2D eigenvalue weighted by atomic mass is 35.5. The van der Waals surface area contributed by atoms with Gasteiger partial charge in [0.1, 0.15) is 0 Å². The molecule has 0 spiro atoms. The summed E-state index contributed by atoms with van der Waals surface area (Å²) in [7, 11) is 0. The normalized spacial score (nSPS) is 10.2. The second kappa shape index (κ2) is 11.7. The Bertz CT molecular complexity index is 1130. The molecule has 0 fully saturated rings. The molecular formula is C26H25ClN4O. The van der Waals surface area contributed by atoms with E-state index in [-0.39, 0.29) is 18.3 Å². The molecule has 0 aliphatic rings. The third kappa shape index (κ3) is 6.68. The Balaban J connectivity index is 0.00000363. The molecule has 0 atom stereocenters. The molecule has 32 heavy (non-hydrogen) atoms. The summed E-state index contributed by atoms with van der Waals surface area (Å²) in [4.78, 5) is 15.0. The molecular weight excluding hydrogens is 420 g/mol. The number of benzene rings is 3. The van der Waals surface area contributed by atoms with Crippen LogP contribution in [0.5, 0.6) is 0 Å². The van der Waals surface area contributed by atoms with Gasteiger partial charge in [0, 0.05) is 30.4 Å².